The van der Waals surface area contributed by atoms with Crippen LogP contribution >= 0.6 is 0 Å². The van der Waals surface area contributed by atoms with Gasteiger partial charge in [-0.05, 0) is 43.0 Å². The Labute approximate surface area is 231 Å². The Morgan fingerprint density at radius 3 is 2.08 bits per heavy atom. The zero-order chi connectivity index (χ0) is 28.0. The van der Waals surface area contributed by atoms with Crippen LogP contribution in [0.4, 0.5) is 5.69 Å². The molecule has 0 aliphatic carbocycles. The van der Waals surface area contributed by atoms with Gasteiger partial charge >= 0.3 is 0 Å². The standard InChI is InChI=1S/C32H40N4O3/c1-23(36-20-19-28(29(37)22-36)34-30(38)26-17-11-12-18-27(26)33-2)21-32(31(39)35(3)4,24-13-7-5-8-14-24)25-15-9-6-10-16-25/h5-18,23,28-29,33,37H,19-22H2,1-4H3,(H,34,38)/t23?,28-,29-/m1/s1. The monoisotopic (exact) mass is 528 g/mol. The lowest BCUT2D eigenvalue weighted by atomic mass is 9.69. The average Bonchev–Trinajstić information content (AvgIpc) is 2.97. The molecule has 0 radical (unpaired) electrons. The number of likely N-dealkylation sites (tertiary alicyclic amines) is 1. The molecule has 1 fully saturated rings. The smallest absolute Gasteiger partial charge is 0.253 e. The van der Waals surface area contributed by atoms with Crippen molar-refractivity contribution in [2.24, 2.45) is 0 Å². The normalized spacial score (nSPS) is 18.7. The van der Waals surface area contributed by atoms with E-state index >= 15 is 0 Å². The Kier molecular flexibility index (Phi) is 9.04. The van der Waals surface area contributed by atoms with Gasteiger partial charge in [0.2, 0.25) is 5.91 Å². The van der Waals surface area contributed by atoms with E-state index in [0.717, 1.165) is 16.8 Å². The summed E-state index contributed by atoms with van der Waals surface area (Å²) in [6.07, 6.45) is 0.445. The third kappa shape index (κ3) is 6.00. The van der Waals surface area contributed by atoms with Crippen LogP contribution in [0.5, 0.6) is 0 Å². The van der Waals surface area contributed by atoms with Crippen LogP contribution in [0.15, 0.2) is 84.9 Å². The van der Waals surface area contributed by atoms with Gasteiger partial charge in [-0.3, -0.25) is 14.5 Å². The molecule has 2 amide bonds. The molecule has 1 saturated heterocycles. The summed E-state index contributed by atoms with van der Waals surface area (Å²) in [5.74, 6) is -0.174. The number of aliphatic hydroxyl groups excluding tert-OH is 1. The van der Waals surface area contributed by atoms with E-state index in [1.165, 1.54) is 0 Å². The van der Waals surface area contributed by atoms with E-state index in [9.17, 15) is 14.7 Å². The van der Waals surface area contributed by atoms with E-state index in [1.807, 2.05) is 78.9 Å². The fraction of sp³-hybridized carbons (Fsp3) is 0.375. The molecule has 7 heteroatoms. The second-order valence-electron chi connectivity index (χ2n) is 10.6. The fourth-order valence-corrected chi connectivity index (χ4v) is 5.81. The number of anilines is 1. The van der Waals surface area contributed by atoms with Crippen LogP contribution in [0, 0.1) is 0 Å². The highest BCUT2D eigenvalue weighted by atomic mass is 16.3. The van der Waals surface area contributed by atoms with Crippen molar-refractivity contribution in [1.82, 2.24) is 15.1 Å². The molecule has 206 valence electrons. The number of carbonyl (C=O) groups excluding carboxylic acids is 2. The van der Waals surface area contributed by atoms with Gasteiger partial charge in [0.15, 0.2) is 0 Å². The zero-order valence-electron chi connectivity index (χ0n) is 23.3. The van der Waals surface area contributed by atoms with E-state index in [4.69, 9.17) is 0 Å². The number of nitrogens with one attached hydrogen (secondary N) is 2. The maximum Gasteiger partial charge on any atom is 0.253 e. The van der Waals surface area contributed by atoms with Crippen molar-refractivity contribution < 1.29 is 14.7 Å². The molecule has 4 rings (SSSR count). The molecule has 0 saturated carbocycles. The summed E-state index contributed by atoms with van der Waals surface area (Å²) in [7, 11) is 5.39. The van der Waals surface area contributed by atoms with Crippen LogP contribution in [-0.4, -0.2) is 79.1 Å². The topological polar surface area (TPSA) is 84.9 Å². The minimum absolute atomic E-state index is 0.00867. The van der Waals surface area contributed by atoms with Crippen molar-refractivity contribution in [3.63, 3.8) is 0 Å². The molecule has 3 atom stereocenters. The van der Waals surface area contributed by atoms with E-state index in [0.29, 0.717) is 31.5 Å². The molecule has 39 heavy (non-hydrogen) atoms. The molecule has 1 aliphatic heterocycles. The number of carbonyl (C=O) groups is 2. The number of rotatable bonds is 9. The van der Waals surface area contributed by atoms with Gasteiger partial charge in [-0.15, -0.1) is 0 Å². The molecule has 7 nitrogen and oxygen atoms in total. The fourth-order valence-electron chi connectivity index (χ4n) is 5.81. The molecule has 1 heterocycles. The predicted molar refractivity (Wildman–Crippen MR) is 156 cm³/mol. The summed E-state index contributed by atoms with van der Waals surface area (Å²) >= 11 is 0. The Morgan fingerprint density at radius 1 is 0.974 bits per heavy atom. The lowest BCUT2D eigenvalue weighted by molar-refractivity contribution is -0.134. The number of β-amino-alcohol motifs (C(OH)–C–C–N with tert-alkyl or cyclic N) is 1. The highest BCUT2D eigenvalue weighted by Crippen LogP contribution is 2.39. The Balaban J connectivity index is 1.55. The van der Waals surface area contributed by atoms with Gasteiger partial charge in [0.1, 0.15) is 5.41 Å². The molecular formula is C32H40N4O3. The molecular weight excluding hydrogens is 488 g/mol. The third-order valence-electron chi connectivity index (χ3n) is 7.90. The summed E-state index contributed by atoms with van der Waals surface area (Å²) in [6.45, 7) is 3.24. The molecule has 1 unspecified atom stereocenters. The molecule has 1 aliphatic rings. The highest BCUT2D eigenvalue weighted by Gasteiger charge is 2.45. The van der Waals surface area contributed by atoms with Crippen molar-refractivity contribution in [3.8, 4) is 0 Å². The van der Waals surface area contributed by atoms with Crippen LogP contribution in [0.25, 0.3) is 0 Å². The maximum atomic E-state index is 14.0. The minimum Gasteiger partial charge on any atom is -0.390 e. The van der Waals surface area contributed by atoms with Gasteiger partial charge in [0.05, 0.1) is 17.7 Å². The summed E-state index contributed by atoms with van der Waals surface area (Å²) in [4.78, 5) is 30.9. The Bertz CT molecular complexity index is 1210. The maximum absolute atomic E-state index is 14.0. The molecule has 0 bridgehead atoms. The first-order valence-corrected chi connectivity index (χ1v) is 13.6. The van der Waals surface area contributed by atoms with E-state index < -0.39 is 11.5 Å². The van der Waals surface area contributed by atoms with Gasteiger partial charge < -0.3 is 20.6 Å². The van der Waals surface area contributed by atoms with E-state index in [1.54, 1.807) is 32.1 Å². The van der Waals surface area contributed by atoms with Gasteiger partial charge in [0.25, 0.3) is 5.91 Å². The first-order chi connectivity index (χ1) is 18.8. The summed E-state index contributed by atoms with van der Waals surface area (Å²) in [5.41, 5.74) is 2.33. The molecule has 0 aromatic heterocycles. The lowest BCUT2D eigenvalue weighted by Gasteiger charge is -2.44. The zero-order valence-corrected chi connectivity index (χ0v) is 23.3. The first-order valence-electron chi connectivity index (χ1n) is 13.6. The summed E-state index contributed by atoms with van der Waals surface area (Å²) in [5, 5.41) is 17.2. The van der Waals surface area contributed by atoms with Gasteiger partial charge in [-0.25, -0.2) is 0 Å². The van der Waals surface area contributed by atoms with Crippen LogP contribution < -0.4 is 10.6 Å². The van der Waals surface area contributed by atoms with Crippen LogP contribution in [0.2, 0.25) is 0 Å². The molecule has 3 aromatic rings. The number of benzene rings is 3. The second-order valence-corrected chi connectivity index (χ2v) is 10.6. The minimum atomic E-state index is -0.877. The van der Waals surface area contributed by atoms with Crippen molar-refractivity contribution in [1.29, 1.82) is 0 Å². The number of hydrogen-bond donors (Lipinski definition) is 3. The number of piperidine rings is 1. The SMILES string of the molecule is CNc1ccccc1C(=O)N[C@@H]1CCN(C(C)CC(C(=O)N(C)C)(c2ccccc2)c2ccccc2)C[C@H]1O. The Morgan fingerprint density at radius 2 is 1.54 bits per heavy atom. The summed E-state index contributed by atoms with van der Waals surface area (Å²) < 4.78 is 0. The lowest BCUT2D eigenvalue weighted by Crippen LogP contribution is -2.57. The number of para-hydroxylation sites is 1. The predicted octanol–water partition coefficient (Wildman–Crippen LogP) is 3.75. The quantitative estimate of drug-likeness (QED) is 0.394. The van der Waals surface area contributed by atoms with Gasteiger partial charge in [-0.1, -0.05) is 72.8 Å². The van der Waals surface area contributed by atoms with Gasteiger partial charge in [0, 0.05) is 46.0 Å². The number of aliphatic hydroxyl groups is 1. The Hall–Kier alpha value is -3.68. The first kappa shape index (κ1) is 28.3. The highest BCUT2D eigenvalue weighted by molar-refractivity contribution is 5.99. The number of amides is 2. The van der Waals surface area contributed by atoms with Crippen LogP contribution in [-0.2, 0) is 10.2 Å². The van der Waals surface area contributed by atoms with Crippen molar-refractivity contribution in [2.45, 2.75) is 43.4 Å². The van der Waals surface area contributed by atoms with Crippen LogP contribution in [0.1, 0.15) is 41.3 Å². The van der Waals surface area contributed by atoms with Gasteiger partial charge in [-0.2, -0.15) is 0 Å². The number of nitrogens with zero attached hydrogens (tertiary/aromatic N) is 2. The van der Waals surface area contributed by atoms with Crippen molar-refractivity contribution in [3.05, 3.63) is 102 Å². The van der Waals surface area contributed by atoms with E-state index in [2.05, 4.69) is 22.5 Å². The molecule has 3 N–H and O–H groups in total. The number of likely N-dealkylation sites (N-methyl/N-ethyl adjacent to an activating group) is 1. The van der Waals surface area contributed by atoms with Crippen molar-refractivity contribution in [2.75, 3.05) is 39.5 Å². The molecule has 0 spiro atoms. The third-order valence-corrected chi connectivity index (χ3v) is 7.90. The molecule has 3 aromatic carbocycles. The van der Waals surface area contributed by atoms with Crippen molar-refractivity contribution >= 4 is 17.5 Å². The largest absolute Gasteiger partial charge is 0.390 e. The summed E-state index contributed by atoms with van der Waals surface area (Å²) in [6, 6.07) is 26.9. The second kappa shape index (κ2) is 12.5. The number of hydrogen-bond acceptors (Lipinski definition) is 5. The average molecular weight is 529 g/mol. The van der Waals surface area contributed by atoms with E-state index in [-0.39, 0.29) is 23.9 Å². The van der Waals surface area contributed by atoms with Crippen LogP contribution in [0.3, 0.4) is 0 Å².